The molecule has 2 aliphatic rings. The average Bonchev–Trinajstić information content (AvgIpc) is 3.54. The summed E-state index contributed by atoms with van der Waals surface area (Å²) < 4.78 is 16.6. The van der Waals surface area contributed by atoms with E-state index in [0.717, 1.165) is 40.1 Å². The van der Waals surface area contributed by atoms with Crippen LogP contribution in [0.4, 0.5) is 5.82 Å². The Kier molecular flexibility index (Phi) is 6.18. The third kappa shape index (κ3) is 4.08. The number of amides is 1. The number of aromatic nitrogens is 3. The number of methoxy groups -OCH3 is 2. The normalized spacial score (nSPS) is 18.3. The van der Waals surface area contributed by atoms with Crippen molar-refractivity contribution in [2.24, 2.45) is 0 Å². The van der Waals surface area contributed by atoms with E-state index in [1.807, 2.05) is 23.2 Å². The second-order valence-electron chi connectivity index (χ2n) is 10.6. The number of hydrogen-bond donors (Lipinski definition) is 1. The van der Waals surface area contributed by atoms with Gasteiger partial charge in [0.25, 0.3) is 5.91 Å². The van der Waals surface area contributed by atoms with Crippen LogP contribution in [0.2, 0.25) is 0 Å². The van der Waals surface area contributed by atoms with Gasteiger partial charge in [0.15, 0.2) is 17.3 Å². The van der Waals surface area contributed by atoms with E-state index in [0.29, 0.717) is 42.6 Å². The predicted octanol–water partition coefficient (Wildman–Crippen LogP) is 4.76. The number of anilines is 1. The summed E-state index contributed by atoms with van der Waals surface area (Å²) in [4.78, 5) is 31.8. The maximum absolute atomic E-state index is 14.0. The highest BCUT2D eigenvalue weighted by Gasteiger charge is 2.45. The number of aromatic amines is 1. The van der Waals surface area contributed by atoms with Crippen LogP contribution >= 0.6 is 0 Å². The number of H-pyrrole nitrogens is 1. The Morgan fingerprint density at radius 3 is 2.69 bits per heavy atom. The Morgan fingerprint density at radius 2 is 1.92 bits per heavy atom. The van der Waals surface area contributed by atoms with Gasteiger partial charge in [-0.05, 0) is 51.1 Å². The highest BCUT2D eigenvalue weighted by molar-refractivity contribution is 5.96. The lowest BCUT2D eigenvalue weighted by Gasteiger charge is -2.35. The number of nitrogens with one attached hydrogen (secondary N) is 1. The van der Waals surface area contributed by atoms with Crippen molar-refractivity contribution in [3.8, 4) is 22.9 Å². The van der Waals surface area contributed by atoms with Crippen LogP contribution in [-0.4, -0.2) is 65.8 Å². The summed E-state index contributed by atoms with van der Waals surface area (Å²) in [6.07, 6.45) is 1.93. The zero-order valence-corrected chi connectivity index (χ0v) is 22.9. The van der Waals surface area contributed by atoms with Gasteiger partial charge in [0.05, 0.1) is 51.3 Å². The van der Waals surface area contributed by atoms with Crippen molar-refractivity contribution in [3.05, 3.63) is 65.5 Å². The second-order valence-corrected chi connectivity index (χ2v) is 10.6. The van der Waals surface area contributed by atoms with Crippen LogP contribution < -0.4 is 14.4 Å². The van der Waals surface area contributed by atoms with Crippen molar-refractivity contribution in [3.63, 3.8) is 0 Å². The highest BCUT2D eigenvalue weighted by atomic mass is 16.5. The van der Waals surface area contributed by atoms with E-state index in [2.05, 4.69) is 42.8 Å². The predicted molar refractivity (Wildman–Crippen MR) is 149 cm³/mol. The number of nitrogens with zero attached hydrogens (tertiary/aromatic N) is 4. The van der Waals surface area contributed by atoms with Crippen molar-refractivity contribution >= 4 is 22.6 Å². The fourth-order valence-corrected chi connectivity index (χ4v) is 5.74. The Balaban J connectivity index is 1.49. The number of morpholine rings is 1. The molecule has 1 saturated heterocycles. The van der Waals surface area contributed by atoms with Gasteiger partial charge in [-0.1, -0.05) is 12.1 Å². The molecule has 1 fully saturated rings. The van der Waals surface area contributed by atoms with Gasteiger partial charge < -0.3 is 29.0 Å². The molecule has 2 aromatic heterocycles. The molecule has 0 bridgehead atoms. The molecule has 0 saturated carbocycles. The number of fused-ring (bicyclic) bond motifs is 2. The fourth-order valence-electron chi connectivity index (χ4n) is 5.74. The molecule has 0 spiro atoms. The van der Waals surface area contributed by atoms with Crippen molar-refractivity contribution < 1.29 is 19.0 Å². The number of hydrogen-bond acceptors (Lipinski definition) is 7. The first-order chi connectivity index (χ1) is 18.8. The zero-order valence-electron chi connectivity index (χ0n) is 22.9. The topological polar surface area (TPSA) is 92.8 Å². The second kappa shape index (κ2) is 9.57. The van der Waals surface area contributed by atoms with Crippen LogP contribution in [0, 0.1) is 0 Å². The van der Waals surface area contributed by atoms with Crippen LogP contribution in [0.3, 0.4) is 0 Å². The van der Waals surface area contributed by atoms with Gasteiger partial charge in [-0.3, -0.25) is 4.79 Å². The number of benzene rings is 2. The molecule has 9 heteroatoms. The quantitative estimate of drug-likeness (QED) is 0.400. The molecule has 0 aliphatic carbocycles. The minimum atomic E-state index is -0.673. The van der Waals surface area contributed by atoms with E-state index in [9.17, 15) is 4.79 Å². The van der Waals surface area contributed by atoms with Gasteiger partial charge in [-0.25, -0.2) is 9.97 Å². The first kappa shape index (κ1) is 25.2. The van der Waals surface area contributed by atoms with E-state index in [4.69, 9.17) is 24.2 Å². The molecule has 1 amide bonds. The molecule has 202 valence electrons. The summed E-state index contributed by atoms with van der Waals surface area (Å²) in [7, 11) is 3.15. The van der Waals surface area contributed by atoms with E-state index in [1.54, 1.807) is 32.4 Å². The summed E-state index contributed by atoms with van der Waals surface area (Å²) in [6, 6.07) is 13.6. The molecule has 2 aromatic carbocycles. The van der Waals surface area contributed by atoms with Crippen LogP contribution in [0.5, 0.6) is 11.5 Å². The summed E-state index contributed by atoms with van der Waals surface area (Å²) >= 11 is 0. The average molecular weight is 528 g/mol. The van der Waals surface area contributed by atoms with Gasteiger partial charge in [0, 0.05) is 40.3 Å². The molecular formula is C30H33N5O4. The molecule has 9 nitrogen and oxygen atoms in total. The molecular weight excluding hydrogens is 494 g/mol. The molecule has 1 N–H and O–H groups in total. The molecule has 1 atom stereocenters. The van der Waals surface area contributed by atoms with Crippen LogP contribution in [0.25, 0.3) is 22.3 Å². The molecule has 6 rings (SSSR count). The summed E-state index contributed by atoms with van der Waals surface area (Å²) in [6.45, 7) is 8.64. The van der Waals surface area contributed by atoms with Gasteiger partial charge >= 0.3 is 0 Å². The van der Waals surface area contributed by atoms with E-state index < -0.39 is 5.54 Å². The first-order valence-electron chi connectivity index (χ1n) is 13.2. The minimum Gasteiger partial charge on any atom is -0.493 e. The highest BCUT2D eigenvalue weighted by Crippen LogP contribution is 2.44. The zero-order chi connectivity index (χ0) is 27.3. The van der Waals surface area contributed by atoms with Crippen LogP contribution in [0.15, 0.2) is 48.7 Å². The monoisotopic (exact) mass is 527 g/mol. The van der Waals surface area contributed by atoms with Gasteiger partial charge in [0.1, 0.15) is 5.82 Å². The smallest absolute Gasteiger partial charge is 0.255 e. The van der Waals surface area contributed by atoms with Crippen molar-refractivity contribution in [1.82, 2.24) is 19.9 Å². The molecule has 39 heavy (non-hydrogen) atoms. The van der Waals surface area contributed by atoms with Gasteiger partial charge in [-0.2, -0.15) is 0 Å². The Bertz CT molecular complexity index is 1560. The lowest BCUT2D eigenvalue weighted by atomic mass is 9.98. The standard InChI is InChI=1S/C30H33N5O4/c1-18-17-39-14-13-34(18)28-22-16-35(29(36)19-9-10-24(37-4)25(15-19)38-5)30(2,3)26(22)32-27(33-28)21-7-6-8-23-20(21)11-12-31-23/h6-12,15,18,31H,13-14,16-17H2,1-5H3/t18-/m1/s1. The first-order valence-corrected chi connectivity index (χ1v) is 13.2. The number of carbonyl (C=O) groups excluding carboxylic acids is 1. The third-order valence-corrected chi connectivity index (χ3v) is 7.91. The Hall–Kier alpha value is -4.11. The van der Waals surface area contributed by atoms with Crippen molar-refractivity contribution in [2.75, 3.05) is 38.9 Å². The van der Waals surface area contributed by atoms with Crippen molar-refractivity contribution in [2.45, 2.75) is 38.9 Å². The van der Waals surface area contributed by atoms with Gasteiger partial charge in [-0.15, -0.1) is 0 Å². The molecule has 4 heterocycles. The maximum Gasteiger partial charge on any atom is 0.255 e. The summed E-state index contributed by atoms with van der Waals surface area (Å²) in [5.41, 5.74) is 3.69. The van der Waals surface area contributed by atoms with Crippen molar-refractivity contribution in [1.29, 1.82) is 0 Å². The van der Waals surface area contributed by atoms with E-state index in [-0.39, 0.29) is 11.9 Å². The fraction of sp³-hybridized carbons (Fsp3) is 0.367. The lowest BCUT2D eigenvalue weighted by molar-refractivity contribution is 0.0570. The summed E-state index contributed by atoms with van der Waals surface area (Å²) in [5, 5.41) is 1.06. The number of ether oxygens (including phenoxy) is 3. The van der Waals surface area contributed by atoms with Crippen LogP contribution in [0.1, 0.15) is 42.4 Å². The number of rotatable bonds is 5. The van der Waals surface area contributed by atoms with E-state index >= 15 is 0 Å². The third-order valence-electron chi connectivity index (χ3n) is 7.91. The lowest BCUT2D eigenvalue weighted by Crippen LogP contribution is -2.44. The molecule has 2 aliphatic heterocycles. The maximum atomic E-state index is 14.0. The summed E-state index contributed by atoms with van der Waals surface area (Å²) in [5.74, 6) is 2.52. The molecule has 4 aromatic rings. The molecule has 0 radical (unpaired) electrons. The van der Waals surface area contributed by atoms with E-state index in [1.165, 1.54) is 0 Å². The van der Waals surface area contributed by atoms with Gasteiger partial charge in [0.2, 0.25) is 0 Å². The number of carbonyl (C=O) groups is 1. The minimum absolute atomic E-state index is 0.103. The SMILES string of the molecule is COc1ccc(C(=O)N2Cc3c(N4CCOC[C@H]4C)nc(-c4cccc5[nH]ccc45)nc3C2(C)C)cc1OC. The van der Waals surface area contributed by atoms with Crippen LogP contribution in [-0.2, 0) is 16.8 Å². The Morgan fingerprint density at radius 1 is 1.10 bits per heavy atom. The Labute approximate surface area is 227 Å². The largest absolute Gasteiger partial charge is 0.493 e. The molecule has 0 unspecified atom stereocenters.